The first kappa shape index (κ1) is 26.8. The van der Waals surface area contributed by atoms with Crippen LogP contribution in [0.2, 0.25) is 0 Å². The van der Waals surface area contributed by atoms with Crippen LogP contribution in [0.5, 0.6) is 5.75 Å². The van der Waals surface area contributed by atoms with Gasteiger partial charge in [0, 0.05) is 45.5 Å². The van der Waals surface area contributed by atoms with E-state index in [1.165, 1.54) is 10.5 Å². The lowest BCUT2D eigenvalue weighted by Gasteiger charge is -2.37. The number of amides is 1. The van der Waals surface area contributed by atoms with E-state index in [0.29, 0.717) is 30.0 Å². The lowest BCUT2D eigenvalue weighted by Crippen LogP contribution is -2.41. The number of methoxy groups -OCH3 is 1. The summed E-state index contributed by atoms with van der Waals surface area (Å²) in [6, 6.07) is 18.4. The largest absolute Gasteiger partial charge is 0.496 e. The summed E-state index contributed by atoms with van der Waals surface area (Å²) in [7, 11) is 1.67. The third kappa shape index (κ3) is 5.64. The Hall–Kier alpha value is -3.84. The third-order valence-corrected chi connectivity index (χ3v) is 8.50. The number of fused-ring (bicyclic) bond motifs is 1. The summed E-state index contributed by atoms with van der Waals surface area (Å²) >= 11 is 1.74. The number of carbonyl (C=O) groups excluding carboxylic acids is 2. The molecule has 1 aliphatic heterocycles. The van der Waals surface area contributed by atoms with Crippen LogP contribution < -0.4 is 20.4 Å². The number of carbonyl (C=O) groups is 2. The minimum Gasteiger partial charge on any atom is -0.496 e. The number of aryl methyl sites for hydroxylation is 2. The van der Waals surface area contributed by atoms with E-state index in [-0.39, 0.29) is 11.7 Å². The molecule has 3 N–H and O–H groups in total. The van der Waals surface area contributed by atoms with Gasteiger partial charge >= 0.3 is 5.91 Å². The minimum absolute atomic E-state index is 0.150. The molecular weight excluding hydrogens is 506 g/mol. The molecule has 1 amide bonds. The number of hydrogen-bond donors (Lipinski definition) is 2. The summed E-state index contributed by atoms with van der Waals surface area (Å²) in [6.45, 7) is 5.93. The highest BCUT2D eigenvalue weighted by Gasteiger charge is 2.44. The number of rotatable bonds is 7. The molecule has 2 atom stereocenters. The Balaban J connectivity index is 1.55. The Morgan fingerprint density at radius 1 is 1.10 bits per heavy atom. The zero-order chi connectivity index (χ0) is 27.5. The van der Waals surface area contributed by atoms with Crippen LogP contribution in [-0.4, -0.2) is 18.8 Å². The number of pyridine rings is 1. The first-order valence-corrected chi connectivity index (χ1v) is 14.2. The van der Waals surface area contributed by atoms with Crippen molar-refractivity contribution in [2.24, 2.45) is 5.92 Å². The molecule has 200 valence electrons. The number of allylic oxidation sites excluding steroid dienone is 3. The number of aromatic amines is 1. The fourth-order valence-corrected chi connectivity index (χ4v) is 6.29. The standard InChI is InChI=1S/C32H33N3O3S/c1-19-10-13-24(14-11-19)39-18-23-17-22(12-15-27(23)38-4)29-28(32(37)35-31-20(2)7-6-16-33-31)21(3)34-25-8-5-9-26(36)30(25)29/h6-8,10-17,29-30,34H,5,9,18H2,1-4H3,(H,33,35,37)/p+1. The van der Waals surface area contributed by atoms with Gasteiger partial charge in [0.1, 0.15) is 11.5 Å². The molecule has 0 radical (unpaired) electrons. The SMILES string of the molecule is COc1ccc(C2C(C(=O)Nc3[nH+]cccc3C)=C(C)NC3=CCCC(=O)C32)cc1CSc1ccc(C)cc1. The fourth-order valence-electron chi connectivity index (χ4n) is 5.41. The number of hydrogen-bond acceptors (Lipinski definition) is 5. The molecule has 39 heavy (non-hydrogen) atoms. The Kier molecular flexibility index (Phi) is 7.89. The van der Waals surface area contributed by atoms with Gasteiger partial charge in [-0.25, -0.2) is 15.1 Å². The number of ketones is 1. The van der Waals surface area contributed by atoms with Crippen molar-refractivity contribution in [3.8, 4) is 5.75 Å². The number of ether oxygens (including phenoxy) is 1. The van der Waals surface area contributed by atoms with Crippen molar-refractivity contribution in [2.75, 3.05) is 12.4 Å². The number of benzene rings is 2. The Labute approximate surface area is 234 Å². The second-order valence-corrected chi connectivity index (χ2v) is 11.2. The summed E-state index contributed by atoms with van der Waals surface area (Å²) in [5.41, 5.74) is 6.33. The quantitative estimate of drug-likeness (QED) is 0.366. The molecule has 5 rings (SSSR count). The number of nitrogens with one attached hydrogen (secondary N) is 3. The highest BCUT2D eigenvalue weighted by Crippen LogP contribution is 2.45. The van der Waals surface area contributed by atoms with E-state index in [4.69, 9.17) is 4.74 Å². The van der Waals surface area contributed by atoms with Crippen LogP contribution in [0, 0.1) is 19.8 Å². The van der Waals surface area contributed by atoms with Gasteiger partial charge in [-0.3, -0.25) is 4.79 Å². The van der Waals surface area contributed by atoms with E-state index in [2.05, 4.69) is 58.9 Å². The van der Waals surface area contributed by atoms with Gasteiger partial charge in [-0.1, -0.05) is 35.9 Å². The van der Waals surface area contributed by atoms with Gasteiger partial charge in [-0.2, -0.15) is 0 Å². The molecule has 0 bridgehead atoms. The Bertz CT molecular complexity index is 1480. The molecule has 2 heterocycles. The van der Waals surface area contributed by atoms with E-state index in [9.17, 15) is 9.59 Å². The normalized spacial score (nSPS) is 18.7. The number of thioether (sulfide) groups is 1. The Morgan fingerprint density at radius 2 is 1.90 bits per heavy atom. The molecule has 0 saturated heterocycles. The summed E-state index contributed by atoms with van der Waals surface area (Å²) in [5.74, 6) is 1.21. The summed E-state index contributed by atoms with van der Waals surface area (Å²) in [4.78, 5) is 31.5. The van der Waals surface area contributed by atoms with Crippen molar-refractivity contribution in [2.45, 2.75) is 50.2 Å². The number of H-pyrrole nitrogens is 1. The second-order valence-electron chi connectivity index (χ2n) is 10.1. The van der Waals surface area contributed by atoms with Crippen LogP contribution in [0.1, 0.15) is 47.9 Å². The van der Waals surface area contributed by atoms with Gasteiger partial charge in [0.15, 0.2) is 0 Å². The van der Waals surface area contributed by atoms with Crippen LogP contribution in [-0.2, 0) is 15.3 Å². The smallest absolute Gasteiger partial charge is 0.337 e. The third-order valence-electron chi connectivity index (χ3n) is 7.44. The molecular formula is C32H34N3O3S+. The topological polar surface area (TPSA) is 81.6 Å². The van der Waals surface area contributed by atoms with E-state index in [0.717, 1.165) is 33.8 Å². The predicted octanol–water partition coefficient (Wildman–Crippen LogP) is 5.88. The molecule has 2 unspecified atom stereocenters. The first-order valence-electron chi connectivity index (χ1n) is 13.2. The average Bonchev–Trinajstić information content (AvgIpc) is 2.93. The van der Waals surface area contributed by atoms with Crippen molar-refractivity contribution >= 4 is 29.3 Å². The van der Waals surface area contributed by atoms with Crippen molar-refractivity contribution in [1.29, 1.82) is 0 Å². The van der Waals surface area contributed by atoms with Crippen LogP contribution >= 0.6 is 11.8 Å². The van der Waals surface area contributed by atoms with E-state index in [1.807, 2.05) is 38.1 Å². The summed E-state index contributed by atoms with van der Waals surface area (Å²) in [6.07, 6.45) is 5.06. The number of Topliss-reactive ketones (excluding diaryl/α,β-unsaturated/α-hetero) is 1. The van der Waals surface area contributed by atoms with Crippen LogP contribution in [0.25, 0.3) is 0 Å². The predicted molar refractivity (Wildman–Crippen MR) is 154 cm³/mol. The lowest BCUT2D eigenvalue weighted by molar-refractivity contribution is -0.361. The van der Waals surface area contributed by atoms with Crippen molar-refractivity contribution in [1.82, 2.24) is 5.32 Å². The highest BCUT2D eigenvalue weighted by atomic mass is 32.2. The Morgan fingerprint density at radius 3 is 2.64 bits per heavy atom. The molecule has 0 saturated carbocycles. The first-order chi connectivity index (χ1) is 18.9. The van der Waals surface area contributed by atoms with Gasteiger partial charge in [0.25, 0.3) is 5.82 Å². The maximum atomic E-state index is 13.9. The molecule has 3 aromatic rings. The van der Waals surface area contributed by atoms with Crippen molar-refractivity contribution in [3.05, 3.63) is 106 Å². The van der Waals surface area contributed by atoms with Gasteiger partial charge < -0.3 is 10.1 Å². The van der Waals surface area contributed by atoms with Crippen molar-refractivity contribution < 1.29 is 19.3 Å². The summed E-state index contributed by atoms with van der Waals surface area (Å²) in [5, 5.41) is 6.45. The van der Waals surface area contributed by atoms with Crippen LogP contribution in [0.15, 0.2) is 88.7 Å². The van der Waals surface area contributed by atoms with E-state index < -0.39 is 11.8 Å². The molecule has 0 fully saturated rings. The number of anilines is 1. The van der Waals surface area contributed by atoms with Crippen molar-refractivity contribution in [3.63, 3.8) is 0 Å². The van der Waals surface area contributed by atoms with Gasteiger partial charge in [-0.15, -0.1) is 11.8 Å². The molecule has 1 aliphatic carbocycles. The molecule has 7 heteroatoms. The van der Waals surface area contributed by atoms with Crippen LogP contribution in [0.3, 0.4) is 0 Å². The molecule has 6 nitrogen and oxygen atoms in total. The average molecular weight is 541 g/mol. The zero-order valence-electron chi connectivity index (χ0n) is 22.8. The fraction of sp³-hybridized carbons (Fsp3) is 0.281. The van der Waals surface area contributed by atoms with E-state index in [1.54, 1.807) is 25.1 Å². The molecule has 0 spiro atoms. The van der Waals surface area contributed by atoms with Gasteiger partial charge in [0.2, 0.25) is 0 Å². The molecule has 1 aromatic heterocycles. The highest BCUT2D eigenvalue weighted by molar-refractivity contribution is 7.98. The van der Waals surface area contributed by atoms with Crippen LogP contribution in [0.4, 0.5) is 5.82 Å². The second kappa shape index (κ2) is 11.5. The van der Waals surface area contributed by atoms with Gasteiger partial charge in [-0.05, 0) is 63.1 Å². The zero-order valence-corrected chi connectivity index (χ0v) is 23.6. The van der Waals surface area contributed by atoms with Gasteiger partial charge in [0.05, 0.1) is 24.8 Å². The van der Waals surface area contributed by atoms with E-state index >= 15 is 0 Å². The molecule has 2 aromatic carbocycles. The summed E-state index contributed by atoms with van der Waals surface area (Å²) < 4.78 is 5.71. The maximum absolute atomic E-state index is 13.9. The maximum Gasteiger partial charge on any atom is 0.337 e. The minimum atomic E-state index is -0.435. The number of aromatic nitrogens is 1. The molecule has 2 aliphatic rings. The monoisotopic (exact) mass is 540 g/mol. The lowest BCUT2D eigenvalue weighted by atomic mass is 9.70.